The van der Waals surface area contributed by atoms with E-state index in [0.717, 1.165) is 16.2 Å². The number of thiophene rings is 1. The van der Waals surface area contributed by atoms with Crippen LogP contribution >= 0.6 is 11.3 Å². The summed E-state index contributed by atoms with van der Waals surface area (Å²) in [4.78, 5) is 18.9. The maximum atomic E-state index is 12.4. The maximum Gasteiger partial charge on any atom is 0.353 e. The first-order valence-electron chi connectivity index (χ1n) is 9.26. The molecule has 9 heteroatoms. The Morgan fingerprint density at radius 2 is 2.03 bits per heavy atom. The van der Waals surface area contributed by atoms with Crippen LogP contribution < -0.4 is 15.6 Å². The van der Waals surface area contributed by atoms with Gasteiger partial charge < -0.3 is 9.57 Å². The lowest BCUT2D eigenvalue weighted by atomic mass is 10.1. The van der Waals surface area contributed by atoms with E-state index in [9.17, 15) is 4.79 Å². The molecule has 0 N–H and O–H groups in total. The fraction of sp³-hybridized carbons (Fsp3) is 0.350. The molecule has 0 spiro atoms. The molecule has 0 saturated heterocycles. The van der Waals surface area contributed by atoms with Crippen LogP contribution in [0, 0.1) is 0 Å². The number of rotatable bonds is 7. The van der Waals surface area contributed by atoms with E-state index >= 15 is 0 Å². The quantitative estimate of drug-likeness (QED) is 0.328. The van der Waals surface area contributed by atoms with Gasteiger partial charge in [-0.25, -0.2) is 14.0 Å². The summed E-state index contributed by atoms with van der Waals surface area (Å²) in [5.74, 6) is 0. The fourth-order valence-electron chi connectivity index (χ4n) is 2.87. The van der Waals surface area contributed by atoms with E-state index in [0.29, 0.717) is 5.69 Å². The van der Waals surface area contributed by atoms with Crippen molar-refractivity contribution in [3.63, 3.8) is 0 Å². The Kier molecular flexibility index (Phi) is 6.09. The number of methoxy groups -OCH3 is 1. The van der Waals surface area contributed by atoms with Gasteiger partial charge in [-0.1, -0.05) is 54.2 Å². The van der Waals surface area contributed by atoms with Gasteiger partial charge in [0.05, 0.1) is 31.5 Å². The van der Waals surface area contributed by atoms with E-state index in [1.54, 1.807) is 7.05 Å². The van der Waals surface area contributed by atoms with Gasteiger partial charge in [-0.3, -0.25) is 0 Å². The highest BCUT2D eigenvalue weighted by Crippen LogP contribution is 2.24. The second-order valence-corrected chi connectivity index (χ2v) is 13.8. The van der Waals surface area contributed by atoms with Crippen molar-refractivity contribution in [3.8, 4) is 11.7 Å². The van der Waals surface area contributed by atoms with Crippen LogP contribution in [-0.2, 0) is 18.5 Å². The van der Waals surface area contributed by atoms with E-state index in [1.165, 1.54) is 32.9 Å². The average Bonchev–Trinajstić information content (AvgIpc) is 3.25. The maximum absolute atomic E-state index is 12.4. The Bertz CT molecular complexity index is 1090. The highest BCUT2D eigenvalue weighted by Gasteiger charge is 2.18. The molecule has 0 unspecified atom stereocenters. The van der Waals surface area contributed by atoms with E-state index in [4.69, 9.17) is 9.57 Å². The molecule has 154 valence electrons. The second-order valence-electron chi connectivity index (χ2n) is 7.74. The Hall–Kier alpha value is -2.65. The largest absolute Gasteiger partial charge is 0.467 e. The van der Waals surface area contributed by atoms with Crippen LogP contribution in [0.3, 0.4) is 0 Å². The highest BCUT2D eigenvalue weighted by molar-refractivity contribution is 7.10. The van der Waals surface area contributed by atoms with E-state index in [-0.39, 0.29) is 18.3 Å². The van der Waals surface area contributed by atoms with Crippen molar-refractivity contribution in [2.75, 3.05) is 7.11 Å². The first-order valence-corrected chi connectivity index (χ1v) is 13.6. The lowest BCUT2D eigenvalue weighted by Gasteiger charge is -2.17. The molecule has 0 aliphatic rings. The topological polar surface area (TPSA) is 70.6 Å². The van der Waals surface area contributed by atoms with Crippen LogP contribution in [0.5, 0.6) is 6.01 Å². The minimum absolute atomic E-state index is 0.236. The summed E-state index contributed by atoms with van der Waals surface area (Å²) in [6.45, 7) is 9.15. The molecule has 3 rings (SSSR count). The summed E-state index contributed by atoms with van der Waals surface area (Å²) >= 11 is 1.49. The zero-order valence-electron chi connectivity index (χ0n) is 17.6. The number of nitrogens with zero attached hydrogens (tertiary/aromatic N) is 4. The molecule has 29 heavy (non-hydrogen) atoms. The molecule has 0 amide bonds. The molecule has 0 saturated carbocycles. The molecule has 0 atom stereocenters. The molecule has 0 bridgehead atoms. The Labute approximate surface area is 175 Å². The van der Waals surface area contributed by atoms with Gasteiger partial charge in [0.1, 0.15) is 0 Å². The van der Waals surface area contributed by atoms with Gasteiger partial charge in [0.15, 0.2) is 6.61 Å². The molecule has 0 aliphatic heterocycles. The van der Waals surface area contributed by atoms with E-state index in [1.807, 2.05) is 24.4 Å². The third-order valence-electron chi connectivity index (χ3n) is 4.58. The van der Waals surface area contributed by atoms with Crippen LogP contribution in [0.1, 0.15) is 17.4 Å². The number of benzene rings is 1. The van der Waals surface area contributed by atoms with Gasteiger partial charge >= 0.3 is 11.7 Å². The molecule has 2 aromatic heterocycles. The van der Waals surface area contributed by atoms with Crippen molar-refractivity contribution < 1.29 is 9.57 Å². The predicted octanol–water partition coefficient (Wildman–Crippen LogP) is 3.13. The molecule has 1 aromatic carbocycles. The van der Waals surface area contributed by atoms with Crippen molar-refractivity contribution in [1.29, 1.82) is 0 Å². The molecule has 7 nitrogen and oxygen atoms in total. The number of hydrogen-bond acceptors (Lipinski definition) is 6. The number of oxime groups is 1. The number of hydrogen-bond donors (Lipinski definition) is 0. The minimum atomic E-state index is -1.39. The monoisotopic (exact) mass is 430 g/mol. The highest BCUT2D eigenvalue weighted by atomic mass is 32.1. The lowest BCUT2D eigenvalue weighted by Crippen LogP contribution is -2.37. The summed E-state index contributed by atoms with van der Waals surface area (Å²) in [5, 5.41) is 11.7. The second kappa shape index (κ2) is 8.38. The van der Waals surface area contributed by atoms with Gasteiger partial charge in [-0.05, 0) is 23.9 Å². The Morgan fingerprint density at radius 3 is 2.72 bits per heavy atom. The molecule has 0 radical (unpaired) electrons. The third kappa shape index (κ3) is 4.51. The molecule has 3 aromatic rings. The summed E-state index contributed by atoms with van der Waals surface area (Å²) in [5.41, 5.74) is 2.30. The van der Waals surface area contributed by atoms with Crippen LogP contribution in [0.25, 0.3) is 5.69 Å². The SMILES string of the molecule is COc1nn(C)c(=O)n1-c1ccsc1CON=C(C)c1cccc([Si](C)(C)C)c1. The molecule has 2 heterocycles. The number of aromatic nitrogens is 3. The van der Waals surface area contributed by atoms with Crippen LogP contribution in [0.15, 0.2) is 45.7 Å². The van der Waals surface area contributed by atoms with Gasteiger partial charge in [-0.15, -0.1) is 16.4 Å². The first-order chi connectivity index (χ1) is 13.7. The summed E-state index contributed by atoms with van der Waals surface area (Å²) < 4.78 is 7.91. The number of ether oxygens (including phenoxy) is 1. The smallest absolute Gasteiger partial charge is 0.353 e. The van der Waals surface area contributed by atoms with E-state index in [2.05, 4.69) is 48.1 Å². The predicted molar refractivity (Wildman–Crippen MR) is 120 cm³/mol. The third-order valence-corrected chi connectivity index (χ3v) is 7.51. The van der Waals surface area contributed by atoms with Crippen LogP contribution in [0.2, 0.25) is 19.6 Å². The standard InChI is InChI=1S/C20H26N4O3SSi/c1-14(15-8-7-9-16(12-15)29(4,5)6)22-27-13-18-17(10-11-28-18)24-19(26-3)21-23(2)20(24)25/h7-12H,13H2,1-6H3. The zero-order valence-corrected chi connectivity index (χ0v) is 19.4. The average molecular weight is 431 g/mol. The van der Waals surface area contributed by atoms with Crippen LogP contribution in [0.4, 0.5) is 0 Å². The van der Waals surface area contributed by atoms with E-state index < -0.39 is 8.07 Å². The van der Waals surface area contributed by atoms with Crippen molar-refractivity contribution >= 4 is 30.3 Å². The molecular weight excluding hydrogens is 404 g/mol. The van der Waals surface area contributed by atoms with Gasteiger partial charge in [-0.2, -0.15) is 0 Å². The fourth-order valence-corrected chi connectivity index (χ4v) is 4.82. The molecule has 0 fully saturated rings. The summed E-state index contributed by atoms with van der Waals surface area (Å²) in [6.07, 6.45) is 0. The number of aryl methyl sites for hydroxylation is 1. The Morgan fingerprint density at radius 1 is 1.28 bits per heavy atom. The Balaban J connectivity index is 1.79. The molecular formula is C20H26N4O3SSi. The zero-order chi connectivity index (χ0) is 21.2. The van der Waals surface area contributed by atoms with Crippen molar-refractivity contribution in [1.82, 2.24) is 14.3 Å². The van der Waals surface area contributed by atoms with Crippen molar-refractivity contribution in [3.05, 3.63) is 56.6 Å². The van der Waals surface area contributed by atoms with Gasteiger partial charge in [0, 0.05) is 7.05 Å². The summed E-state index contributed by atoms with van der Waals surface area (Å²) in [6, 6.07) is 10.6. The van der Waals surface area contributed by atoms with Crippen molar-refractivity contribution in [2.24, 2.45) is 12.2 Å². The lowest BCUT2D eigenvalue weighted by molar-refractivity contribution is 0.132. The molecule has 0 aliphatic carbocycles. The summed E-state index contributed by atoms with van der Waals surface area (Å²) in [7, 11) is 1.69. The minimum Gasteiger partial charge on any atom is -0.467 e. The van der Waals surface area contributed by atoms with Gasteiger partial charge in [0.25, 0.3) is 0 Å². The van der Waals surface area contributed by atoms with Crippen LogP contribution in [-0.4, -0.2) is 35.2 Å². The first kappa shape index (κ1) is 21.1. The normalized spacial score (nSPS) is 12.3. The van der Waals surface area contributed by atoms with Gasteiger partial charge in [0.2, 0.25) is 0 Å². The van der Waals surface area contributed by atoms with Crippen molar-refractivity contribution in [2.45, 2.75) is 33.2 Å².